The maximum Gasteiger partial charge on any atom is 0.119 e. The minimum absolute atomic E-state index is 0.0731. The Morgan fingerprint density at radius 1 is 0.812 bits per heavy atom. The molecule has 0 heterocycles. The SMILES string of the molecule is CSc1ccc(-c2cc(O)cc(O)c2)cc1. The summed E-state index contributed by atoms with van der Waals surface area (Å²) < 4.78 is 0. The average Bonchev–Trinajstić information content (AvgIpc) is 2.28. The van der Waals surface area contributed by atoms with E-state index in [2.05, 4.69) is 0 Å². The largest absolute Gasteiger partial charge is 0.508 e. The fraction of sp³-hybridized carbons (Fsp3) is 0.0769. The molecule has 0 radical (unpaired) electrons. The summed E-state index contributed by atoms with van der Waals surface area (Å²) in [6.07, 6.45) is 2.02. The lowest BCUT2D eigenvalue weighted by Crippen LogP contribution is -1.78. The zero-order valence-electron chi connectivity index (χ0n) is 8.84. The Balaban J connectivity index is 2.42. The van der Waals surface area contributed by atoms with Crippen molar-refractivity contribution >= 4 is 11.8 Å². The van der Waals surface area contributed by atoms with E-state index in [1.165, 1.54) is 11.0 Å². The molecular formula is C13H12O2S. The molecule has 2 N–H and O–H groups in total. The van der Waals surface area contributed by atoms with Gasteiger partial charge in [0.05, 0.1) is 0 Å². The van der Waals surface area contributed by atoms with E-state index in [9.17, 15) is 10.2 Å². The summed E-state index contributed by atoms with van der Waals surface area (Å²) in [4.78, 5) is 1.19. The lowest BCUT2D eigenvalue weighted by Gasteiger charge is -2.04. The van der Waals surface area contributed by atoms with Crippen LogP contribution < -0.4 is 0 Å². The standard InChI is InChI=1S/C13H12O2S/c1-16-13-4-2-9(3-5-13)10-6-11(14)8-12(15)7-10/h2-8,14-15H,1H3. The van der Waals surface area contributed by atoms with Gasteiger partial charge >= 0.3 is 0 Å². The van der Waals surface area contributed by atoms with Gasteiger partial charge in [0, 0.05) is 11.0 Å². The van der Waals surface area contributed by atoms with Crippen LogP contribution in [0.1, 0.15) is 0 Å². The van der Waals surface area contributed by atoms with Crippen molar-refractivity contribution in [2.24, 2.45) is 0 Å². The van der Waals surface area contributed by atoms with Crippen molar-refractivity contribution in [3.63, 3.8) is 0 Å². The molecule has 0 bridgehead atoms. The van der Waals surface area contributed by atoms with Crippen LogP contribution in [0.25, 0.3) is 11.1 Å². The number of rotatable bonds is 2. The van der Waals surface area contributed by atoms with Gasteiger partial charge < -0.3 is 10.2 Å². The first-order valence-corrected chi connectivity index (χ1v) is 6.09. The topological polar surface area (TPSA) is 40.5 Å². The van der Waals surface area contributed by atoms with Gasteiger partial charge in [-0.1, -0.05) is 12.1 Å². The number of phenolic OH excluding ortho intramolecular Hbond substituents is 2. The molecule has 0 spiro atoms. The molecule has 0 aliphatic heterocycles. The molecule has 0 amide bonds. The predicted molar refractivity (Wildman–Crippen MR) is 67.0 cm³/mol. The van der Waals surface area contributed by atoms with Crippen molar-refractivity contribution in [1.82, 2.24) is 0 Å². The van der Waals surface area contributed by atoms with Gasteiger partial charge in [-0.3, -0.25) is 0 Å². The van der Waals surface area contributed by atoms with Gasteiger partial charge in [-0.05, 0) is 41.6 Å². The molecule has 0 fully saturated rings. The molecule has 0 saturated carbocycles. The summed E-state index contributed by atoms with van der Waals surface area (Å²) in [7, 11) is 0. The highest BCUT2D eigenvalue weighted by atomic mass is 32.2. The van der Waals surface area contributed by atoms with Crippen molar-refractivity contribution < 1.29 is 10.2 Å². The molecule has 2 nitrogen and oxygen atoms in total. The Hall–Kier alpha value is -1.61. The summed E-state index contributed by atoms with van der Waals surface area (Å²) >= 11 is 1.68. The Kier molecular flexibility index (Phi) is 3.06. The first kappa shape index (κ1) is 10.9. The summed E-state index contributed by atoms with van der Waals surface area (Å²) in [6.45, 7) is 0. The van der Waals surface area contributed by atoms with E-state index in [0.29, 0.717) is 0 Å². The van der Waals surface area contributed by atoms with E-state index < -0.39 is 0 Å². The fourth-order valence-electron chi connectivity index (χ4n) is 1.55. The van der Waals surface area contributed by atoms with Crippen LogP contribution in [-0.4, -0.2) is 16.5 Å². The van der Waals surface area contributed by atoms with Gasteiger partial charge in [0.15, 0.2) is 0 Å². The van der Waals surface area contributed by atoms with E-state index in [1.54, 1.807) is 23.9 Å². The smallest absolute Gasteiger partial charge is 0.119 e. The average molecular weight is 232 g/mol. The van der Waals surface area contributed by atoms with Gasteiger partial charge in [-0.15, -0.1) is 11.8 Å². The number of aromatic hydroxyl groups is 2. The first-order valence-electron chi connectivity index (χ1n) is 4.86. The molecule has 3 heteroatoms. The van der Waals surface area contributed by atoms with Gasteiger partial charge in [0.2, 0.25) is 0 Å². The summed E-state index contributed by atoms with van der Waals surface area (Å²) in [6, 6.07) is 12.6. The summed E-state index contributed by atoms with van der Waals surface area (Å²) in [5.41, 5.74) is 1.79. The minimum atomic E-state index is 0.0731. The molecule has 2 aromatic carbocycles. The quantitative estimate of drug-likeness (QED) is 0.779. The first-order chi connectivity index (χ1) is 7.69. The van der Waals surface area contributed by atoms with Crippen molar-refractivity contribution in [2.75, 3.05) is 6.26 Å². The number of benzene rings is 2. The molecule has 2 aromatic rings. The van der Waals surface area contributed by atoms with E-state index in [4.69, 9.17) is 0 Å². The van der Waals surface area contributed by atoms with Crippen molar-refractivity contribution in [1.29, 1.82) is 0 Å². The molecule has 0 atom stereocenters. The number of phenols is 2. The number of thioether (sulfide) groups is 1. The maximum atomic E-state index is 9.39. The zero-order valence-corrected chi connectivity index (χ0v) is 9.66. The van der Waals surface area contributed by atoms with Gasteiger partial charge in [-0.2, -0.15) is 0 Å². The second kappa shape index (κ2) is 4.49. The van der Waals surface area contributed by atoms with Crippen LogP contribution >= 0.6 is 11.8 Å². The lowest BCUT2D eigenvalue weighted by molar-refractivity contribution is 0.451. The molecule has 0 unspecified atom stereocenters. The molecule has 0 saturated heterocycles. The Morgan fingerprint density at radius 3 is 1.88 bits per heavy atom. The van der Waals surface area contributed by atoms with Gasteiger partial charge in [-0.25, -0.2) is 0 Å². The van der Waals surface area contributed by atoms with Crippen molar-refractivity contribution in [3.05, 3.63) is 42.5 Å². The fourth-order valence-corrected chi connectivity index (χ4v) is 1.95. The molecule has 0 aromatic heterocycles. The third kappa shape index (κ3) is 2.31. The van der Waals surface area contributed by atoms with Crippen molar-refractivity contribution in [3.8, 4) is 22.6 Å². The highest BCUT2D eigenvalue weighted by Gasteiger charge is 2.02. The third-order valence-corrected chi connectivity index (χ3v) is 3.07. The second-order valence-electron chi connectivity index (χ2n) is 3.47. The highest BCUT2D eigenvalue weighted by molar-refractivity contribution is 7.98. The van der Waals surface area contributed by atoms with Crippen LogP contribution in [0.3, 0.4) is 0 Å². The van der Waals surface area contributed by atoms with Crippen LogP contribution in [0.2, 0.25) is 0 Å². The molecule has 16 heavy (non-hydrogen) atoms. The molecular weight excluding hydrogens is 220 g/mol. The van der Waals surface area contributed by atoms with E-state index in [1.807, 2.05) is 30.5 Å². The van der Waals surface area contributed by atoms with Gasteiger partial charge in [0.1, 0.15) is 11.5 Å². The van der Waals surface area contributed by atoms with E-state index in [0.717, 1.165) is 11.1 Å². The van der Waals surface area contributed by atoms with E-state index >= 15 is 0 Å². The minimum Gasteiger partial charge on any atom is -0.508 e. The van der Waals surface area contributed by atoms with Crippen LogP contribution in [0.15, 0.2) is 47.4 Å². The molecule has 0 aliphatic rings. The summed E-state index contributed by atoms with van der Waals surface area (Å²) in [5, 5.41) is 18.8. The molecule has 82 valence electrons. The highest BCUT2D eigenvalue weighted by Crippen LogP contribution is 2.29. The summed E-state index contributed by atoms with van der Waals surface area (Å²) in [5.74, 6) is 0.146. The van der Waals surface area contributed by atoms with E-state index in [-0.39, 0.29) is 11.5 Å². The monoisotopic (exact) mass is 232 g/mol. The molecule has 2 rings (SSSR count). The Bertz CT molecular complexity index is 472. The van der Waals surface area contributed by atoms with Crippen LogP contribution in [0.4, 0.5) is 0 Å². The Labute approximate surface area is 98.6 Å². The van der Waals surface area contributed by atoms with Crippen LogP contribution in [0.5, 0.6) is 11.5 Å². The second-order valence-corrected chi connectivity index (χ2v) is 4.35. The van der Waals surface area contributed by atoms with Crippen LogP contribution in [0, 0.1) is 0 Å². The van der Waals surface area contributed by atoms with Crippen molar-refractivity contribution in [2.45, 2.75) is 4.90 Å². The van der Waals surface area contributed by atoms with Gasteiger partial charge in [0.25, 0.3) is 0 Å². The van der Waals surface area contributed by atoms with Crippen LogP contribution in [-0.2, 0) is 0 Å². The molecule has 0 aliphatic carbocycles. The third-order valence-electron chi connectivity index (χ3n) is 2.33. The Morgan fingerprint density at radius 2 is 1.38 bits per heavy atom. The normalized spacial score (nSPS) is 10.3. The lowest BCUT2D eigenvalue weighted by atomic mass is 10.1. The predicted octanol–water partition coefficient (Wildman–Crippen LogP) is 3.49. The maximum absolute atomic E-state index is 9.39. The number of hydrogen-bond donors (Lipinski definition) is 2. The number of hydrogen-bond acceptors (Lipinski definition) is 3. The zero-order chi connectivity index (χ0) is 11.5.